The second kappa shape index (κ2) is 8.07. The number of amides is 1. The third kappa shape index (κ3) is 3.66. The lowest BCUT2D eigenvalue weighted by Gasteiger charge is -2.15. The SMILES string of the molecule is CCOC(=O)N1Cc2nc(N)nc(Oc3cc(OC)c(OC)c(OC)c3)c2C1. The molecule has 0 atom stereocenters. The van der Waals surface area contributed by atoms with Crippen LogP contribution in [0.25, 0.3) is 0 Å². The number of rotatable bonds is 6. The second-order valence-electron chi connectivity index (χ2n) is 5.83. The number of nitrogens with zero attached hydrogens (tertiary/aromatic N) is 3. The topological polar surface area (TPSA) is 118 Å². The number of nitrogen functional groups attached to an aromatic ring is 1. The van der Waals surface area contributed by atoms with Crippen molar-refractivity contribution in [3.05, 3.63) is 23.4 Å². The van der Waals surface area contributed by atoms with E-state index in [2.05, 4.69) is 9.97 Å². The van der Waals surface area contributed by atoms with E-state index in [-0.39, 0.29) is 31.5 Å². The Labute approximate surface area is 162 Å². The van der Waals surface area contributed by atoms with Crippen LogP contribution in [0.4, 0.5) is 10.7 Å². The number of fused-ring (bicyclic) bond motifs is 1. The number of hydrogen-bond donors (Lipinski definition) is 1. The largest absolute Gasteiger partial charge is 0.493 e. The molecule has 0 saturated carbocycles. The Hall–Kier alpha value is -3.43. The van der Waals surface area contributed by atoms with Crippen molar-refractivity contribution < 1.29 is 28.5 Å². The maximum atomic E-state index is 12.0. The molecule has 0 saturated heterocycles. The van der Waals surface area contributed by atoms with E-state index in [9.17, 15) is 4.79 Å². The fourth-order valence-corrected chi connectivity index (χ4v) is 2.90. The van der Waals surface area contributed by atoms with Crippen LogP contribution in [0, 0.1) is 0 Å². The average Bonchev–Trinajstić information content (AvgIpc) is 3.11. The van der Waals surface area contributed by atoms with Crippen LogP contribution in [0.15, 0.2) is 12.1 Å². The van der Waals surface area contributed by atoms with Crippen LogP contribution in [-0.4, -0.2) is 48.9 Å². The Morgan fingerprint density at radius 3 is 2.36 bits per heavy atom. The fourth-order valence-electron chi connectivity index (χ4n) is 2.90. The molecule has 1 amide bonds. The summed E-state index contributed by atoms with van der Waals surface area (Å²) in [6, 6.07) is 3.29. The predicted molar refractivity (Wildman–Crippen MR) is 98.9 cm³/mol. The zero-order valence-corrected chi connectivity index (χ0v) is 16.1. The number of ether oxygens (including phenoxy) is 5. The van der Waals surface area contributed by atoms with Crippen molar-refractivity contribution in [2.24, 2.45) is 0 Å². The van der Waals surface area contributed by atoms with Crippen molar-refractivity contribution in [2.75, 3.05) is 33.7 Å². The van der Waals surface area contributed by atoms with Gasteiger partial charge in [0.15, 0.2) is 11.5 Å². The molecule has 1 aliphatic heterocycles. The third-order valence-corrected chi connectivity index (χ3v) is 4.14. The maximum absolute atomic E-state index is 12.0. The minimum Gasteiger partial charge on any atom is -0.493 e. The molecular weight excluding hydrogens is 368 g/mol. The van der Waals surface area contributed by atoms with Crippen LogP contribution < -0.4 is 24.7 Å². The van der Waals surface area contributed by atoms with E-state index in [1.807, 2.05) is 0 Å². The number of carbonyl (C=O) groups is 1. The highest BCUT2D eigenvalue weighted by Gasteiger charge is 2.30. The van der Waals surface area contributed by atoms with E-state index in [0.717, 1.165) is 0 Å². The molecule has 10 heteroatoms. The summed E-state index contributed by atoms with van der Waals surface area (Å²) in [5.74, 6) is 2.02. The lowest BCUT2D eigenvalue weighted by Crippen LogP contribution is -2.26. The summed E-state index contributed by atoms with van der Waals surface area (Å²) in [4.78, 5) is 21.9. The van der Waals surface area contributed by atoms with Gasteiger partial charge in [-0.25, -0.2) is 9.78 Å². The molecule has 0 aliphatic carbocycles. The summed E-state index contributed by atoms with van der Waals surface area (Å²) in [5.41, 5.74) is 7.09. The molecule has 2 aromatic rings. The van der Waals surface area contributed by atoms with Gasteiger partial charge in [0, 0.05) is 12.1 Å². The van der Waals surface area contributed by atoms with Gasteiger partial charge in [-0.05, 0) is 6.92 Å². The van der Waals surface area contributed by atoms with Crippen LogP contribution in [0.3, 0.4) is 0 Å². The molecule has 0 spiro atoms. The molecule has 0 fully saturated rings. The van der Waals surface area contributed by atoms with Gasteiger partial charge >= 0.3 is 6.09 Å². The summed E-state index contributed by atoms with van der Waals surface area (Å²) < 4.78 is 27.0. The van der Waals surface area contributed by atoms with E-state index in [1.54, 1.807) is 19.1 Å². The van der Waals surface area contributed by atoms with Gasteiger partial charge in [0.1, 0.15) is 5.75 Å². The van der Waals surface area contributed by atoms with Crippen molar-refractivity contribution in [1.82, 2.24) is 14.9 Å². The van der Waals surface area contributed by atoms with E-state index < -0.39 is 6.09 Å². The van der Waals surface area contributed by atoms with Crippen LogP contribution in [0.5, 0.6) is 28.9 Å². The average molecular weight is 390 g/mol. The van der Waals surface area contributed by atoms with Crippen molar-refractivity contribution in [1.29, 1.82) is 0 Å². The molecule has 2 heterocycles. The van der Waals surface area contributed by atoms with E-state index >= 15 is 0 Å². The number of carbonyl (C=O) groups excluding carboxylic acids is 1. The first-order valence-corrected chi connectivity index (χ1v) is 8.55. The zero-order valence-electron chi connectivity index (χ0n) is 16.1. The number of nitrogens with two attached hydrogens (primary N) is 1. The second-order valence-corrected chi connectivity index (χ2v) is 5.83. The minimum absolute atomic E-state index is 0.0481. The maximum Gasteiger partial charge on any atom is 0.410 e. The Morgan fingerprint density at radius 2 is 1.79 bits per heavy atom. The molecule has 2 N–H and O–H groups in total. The molecule has 0 bridgehead atoms. The Kier molecular flexibility index (Phi) is 5.57. The summed E-state index contributed by atoms with van der Waals surface area (Å²) >= 11 is 0. The van der Waals surface area contributed by atoms with Crippen LogP contribution in [-0.2, 0) is 17.8 Å². The highest BCUT2D eigenvalue weighted by Crippen LogP contribution is 2.42. The monoisotopic (exact) mass is 390 g/mol. The van der Waals surface area contributed by atoms with Crippen LogP contribution >= 0.6 is 0 Å². The summed E-state index contributed by atoms with van der Waals surface area (Å²) in [6.45, 7) is 2.56. The van der Waals surface area contributed by atoms with Gasteiger partial charge in [-0.15, -0.1) is 0 Å². The Bertz CT molecular complexity index is 864. The van der Waals surface area contributed by atoms with Crippen LogP contribution in [0.2, 0.25) is 0 Å². The van der Waals surface area contributed by atoms with E-state index in [4.69, 9.17) is 29.4 Å². The molecule has 0 radical (unpaired) electrons. The predicted octanol–water partition coefficient (Wildman–Crippen LogP) is 2.35. The van der Waals surface area contributed by atoms with Crippen molar-refractivity contribution >= 4 is 12.0 Å². The summed E-state index contributed by atoms with van der Waals surface area (Å²) in [5, 5.41) is 0. The summed E-state index contributed by atoms with van der Waals surface area (Å²) in [7, 11) is 4.54. The van der Waals surface area contributed by atoms with Gasteiger partial charge in [-0.3, -0.25) is 4.90 Å². The Balaban J connectivity index is 1.94. The zero-order chi connectivity index (χ0) is 20.3. The number of anilines is 1. The van der Waals surface area contributed by atoms with E-state index in [1.165, 1.54) is 26.2 Å². The molecule has 1 aromatic carbocycles. The molecule has 3 rings (SSSR count). The van der Waals surface area contributed by atoms with Gasteiger partial charge < -0.3 is 29.4 Å². The van der Waals surface area contributed by atoms with Gasteiger partial charge in [0.05, 0.1) is 52.3 Å². The lowest BCUT2D eigenvalue weighted by atomic mass is 10.2. The molecule has 0 unspecified atom stereocenters. The number of methoxy groups -OCH3 is 3. The van der Waals surface area contributed by atoms with Gasteiger partial charge in [-0.1, -0.05) is 0 Å². The van der Waals surface area contributed by atoms with Gasteiger partial charge in [-0.2, -0.15) is 4.98 Å². The van der Waals surface area contributed by atoms with Gasteiger partial charge in [0.2, 0.25) is 17.6 Å². The number of benzene rings is 1. The highest BCUT2D eigenvalue weighted by atomic mass is 16.6. The van der Waals surface area contributed by atoms with E-state index in [0.29, 0.717) is 34.3 Å². The van der Waals surface area contributed by atoms with Crippen molar-refractivity contribution in [3.63, 3.8) is 0 Å². The first-order valence-electron chi connectivity index (χ1n) is 8.55. The van der Waals surface area contributed by atoms with Gasteiger partial charge in [0.25, 0.3) is 0 Å². The molecule has 1 aliphatic rings. The fraction of sp³-hybridized carbons (Fsp3) is 0.389. The molecule has 28 heavy (non-hydrogen) atoms. The van der Waals surface area contributed by atoms with Crippen molar-refractivity contribution in [3.8, 4) is 28.9 Å². The molecule has 10 nitrogen and oxygen atoms in total. The van der Waals surface area contributed by atoms with Crippen LogP contribution in [0.1, 0.15) is 18.2 Å². The van der Waals surface area contributed by atoms with Crippen molar-refractivity contribution in [2.45, 2.75) is 20.0 Å². The first kappa shape index (κ1) is 19.3. The quantitative estimate of drug-likeness (QED) is 0.792. The normalized spacial score (nSPS) is 12.4. The minimum atomic E-state index is -0.433. The smallest absolute Gasteiger partial charge is 0.410 e. The molecular formula is C18H22N4O6. The summed E-state index contributed by atoms with van der Waals surface area (Å²) in [6.07, 6.45) is -0.433. The number of hydrogen-bond acceptors (Lipinski definition) is 9. The molecule has 150 valence electrons. The first-order chi connectivity index (χ1) is 13.5. The standard InChI is InChI=1S/C18H22N4O6/c1-5-27-18(23)22-8-11-12(9-22)20-17(19)21-16(11)28-10-6-13(24-2)15(26-4)14(7-10)25-3/h6-7H,5,8-9H2,1-4H3,(H2,19,20,21). The third-order valence-electron chi connectivity index (χ3n) is 4.14. The molecule has 1 aromatic heterocycles. The lowest BCUT2D eigenvalue weighted by molar-refractivity contribution is 0.106. The highest BCUT2D eigenvalue weighted by molar-refractivity contribution is 5.69. The number of aromatic nitrogens is 2. The Morgan fingerprint density at radius 1 is 1.11 bits per heavy atom.